The largest absolute Gasteiger partial charge is 0.459 e. The molecule has 0 radical (unpaired) electrons. The van der Waals surface area contributed by atoms with Crippen LogP contribution in [-0.2, 0) is 0 Å². The molecule has 0 bridgehead atoms. The monoisotopic (exact) mass is 360 g/mol. The molecule has 0 saturated heterocycles. The Hall–Kier alpha value is -3.87. The van der Waals surface area contributed by atoms with Gasteiger partial charge >= 0.3 is 5.91 Å². The average molecular weight is 360 g/mol. The van der Waals surface area contributed by atoms with Crippen LogP contribution < -0.4 is 10.9 Å². The normalized spacial score (nSPS) is 10.7. The first kappa shape index (κ1) is 16.6. The van der Waals surface area contributed by atoms with Gasteiger partial charge in [0.15, 0.2) is 5.76 Å². The Morgan fingerprint density at radius 1 is 0.963 bits per heavy atom. The summed E-state index contributed by atoms with van der Waals surface area (Å²) >= 11 is 0. The van der Waals surface area contributed by atoms with Gasteiger partial charge in [-0.05, 0) is 49.4 Å². The fourth-order valence-electron chi connectivity index (χ4n) is 2.90. The fourth-order valence-corrected chi connectivity index (χ4v) is 2.90. The van der Waals surface area contributed by atoms with E-state index >= 15 is 0 Å². The van der Waals surface area contributed by atoms with Crippen LogP contribution in [0.15, 0.2) is 71.3 Å². The van der Waals surface area contributed by atoms with Crippen LogP contribution in [0.4, 0.5) is 0 Å². The van der Waals surface area contributed by atoms with Gasteiger partial charge in [-0.3, -0.25) is 25.0 Å². The van der Waals surface area contributed by atoms with Gasteiger partial charge in [0, 0.05) is 11.3 Å². The first-order chi connectivity index (χ1) is 13.1. The molecule has 4 rings (SSSR count). The number of amides is 2. The van der Waals surface area contributed by atoms with Gasteiger partial charge in [-0.15, -0.1) is 0 Å². The molecule has 0 aliphatic rings. The van der Waals surface area contributed by atoms with Gasteiger partial charge < -0.3 is 4.42 Å². The highest BCUT2D eigenvalue weighted by Gasteiger charge is 2.14. The minimum Gasteiger partial charge on any atom is -0.459 e. The number of fused-ring (bicyclic) bond motifs is 1. The summed E-state index contributed by atoms with van der Waals surface area (Å²) in [6.07, 6.45) is 1.38. The van der Waals surface area contributed by atoms with Crippen LogP contribution in [0.2, 0.25) is 0 Å². The zero-order chi connectivity index (χ0) is 18.8. The van der Waals surface area contributed by atoms with E-state index in [2.05, 4.69) is 15.8 Å². The molecule has 7 heteroatoms. The Kier molecular flexibility index (Phi) is 4.18. The molecule has 2 aromatic carbocycles. The molecule has 2 heterocycles. The molecule has 0 spiro atoms. The zero-order valence-electron chi connectivity index (χ0n) is 14.5. The molecule has 2 amide bonds. The van der Waals surface area contributed by atoms with E-state index in [1.165, 1.54) is 12.3 Å². The summed E-state index contributed by atoms with van der Waals surface area (Å²) in [5.74, 6) is -0.0368. The van der Waals surface area contributed by atoms with Crippen LogP contribution >= 0.6 is 0 Å². The van der Waals surface area contributed by atoms with Crippen LogP contribution in [-0.4, -0.2) is 21.4 Å². The lowest BCUT2D eigenvalue weighted by Gasteiger charge is -2.08. The third-order valence-corrected chi connectivity index (χ3v) is 4.13. The second-order valence-corrected chi connectivity index (χ2v) is 5.92. The Balaban J connectivity index is 1.57. The molecule has 7 nitrogen and oxygen atoms in total. The van der Waals surface area contributed by atoms with Crippen molar-refractivity contribution in [3.8, 4) is 5.69 Å². The van der Waals surface area contributed by atoms with E-state index in [1.54, 1.807) is 18.2 Å². The summed E-state index contributed by atoms with van der Waals surface area (Å²) in [5.41, 5.74) is 7.67. The molecule has 0 aliphatic carbocycles. The molecular formula is C20H16N4O3. The van der Waals surface area contributed by atoms with Crippen LogP contribution in [0.3, 0.4) is 0 Å². The predicted octanol–water partition coefficient (Wildman–Crippen LogP) is 3.00. The number of imidazole rings is 1. The van der Waals surface area contributed by atoms with E-state index < -0.39 is 11.8 Å². The van der Waals surface area contributed by atoms with Crippen molar-refractivity contribution in [2.75, 3.05) is 0 Å². The number of hydrazine groups is 1. The third-order valence-electron chi connectivity index (χ3n) is 4.13. The van der Waals surface area contributed by atoms with Crippen molar-refractivity contribution in [2.24, 2.45) is 0 Å². The predicted molar refractivity (Wildman–Crippen MR) is 99.4 cm³/mol. The number of nitrogens with one attached hydrogen (secondary N) is 2. The van der Waals surface area contributed by atoms with Crippen molar-refractivity contribution in [3.05, 3.63) is 84.1 Å². The lowest BCUT2D eigenvalue weighted by molar-refractivity contribution is 0.0831. The van der Waals surface area contributed by atoms with Crippen molar-refractivity contribution < 1.29 is 14.0 Å². The Bertz CT molecular complexity index is 1120. The molecule has 4 aromatic rings. The summed E-state index contributed by atoms with van der Waals surface area (Å²) in [7, 11) is 0. The van der Waals surface area contributed by atoms with E-state index in [4.69, 9.17) is 4.42 Å². The molecule has 0 saturated carbocycles. The molecule has 2 N–H and O–H groups in total. The maximum atomic E-state index is 12.3. The zero-order valence-corrected chi connectivity index (χ0v) is 14.5. The molecule has 0 aliphatic heterocycles. The second-order valence-electron chi connectivity index (χ2n) is 5.92. The van der Waals surface area contributed by atoms with Crippen LogP contribution in [0.5, 0.6) is 0 Å². The summed E-state index contributed by atoms with van der Waals surface area (Å²) in [6, 6.07) is 18.2. The molecular weight excluding hydrogens is 344 g/mol. The quantitative estimate of drug-likeness (QED) is 0.550. The minimum absolute atomic E-state index is 0.114. The number of rotatable bonds is 3. The molecule has 0 atom stereocenters. The van der Waals surface area contributed by atoms with E-state index in [0.717, 1.165) is 17.0 Å². The summed E-state index contributed by atoms with van der Waals surface area (Å²) in [6.45, 7) is 1.91. The van der Waals surface area contributed by atoms with E-state index in [0.29, 0.717) is 11.1 Å². The number of benzene rings is 2. The Labute approximate surface area is 154 Å². The number of carbonyl (C=O) groups excluding carboxylic acids is 2. The van der Waals surface area contributed by atoms with Crippen molar-refractivity contribution in [1.29, 1.82) is 0 Å². The number of nitrogens with zero attached hydrogens (tertiary/aromatic N) is 2. The summed E-state index contributed by atoms with van der Waals surface area (Å²) in [4.78, 5) is 28.7. The van der Waals surface area contributed by atoms with Gasteiger partial charge in [-0.2, -0.15) is 0 Å². The third kappa shape index (κ3) is 3.18. The van der Waals surface area contributed by atoms with Gasteiger partial charge in [0.2, 0.25) is 0 Å². The highest BCUT2D eigenvalue weighted by molar-refractivity contribution is 6.00. The first-order valence-corrected chi connectivity index (χ1v) is 8.32. The van der Waals surface area contributed by atoms with Crippen molar-refractivity contribution in [2.45, 2.75) is 6.92 Å². The van der Waals surface area contributed by atoms with E-state index in [-0.39, 0.29) is 5.76 Å². The summed E-state index contributed by atoms with van der Waals surface area (Å²) in [5, 5.41) is 0. The Morgan fingerprint density at radius 2 is 1.74 bits per heavy atom. The average Bonchev–Trinajstić information content (AvgIpc) is 3.33. The van der Waals surface area contributed by atoms with Crippen molar-refractivity contribution >= 4 is 22.8 Å². The SMILES string of the molecule is Cc1nc2cc(C(=O)NNC(=O)c3ccco3)ccc2n1-c1ccccc1. The number of carbonyl (C=O) groups is 2. The maximum Gasteiger partial charge on any atom is 0.305 e. The van der Waals surface area contributed by atoms with Crippen LogP contribution in [0, 0.1) is 6.92 Å². The van der Waals surface area contributed by atoms with Gasteiger partial charge in [0.1, 0.15) is 5.82 Å². The van der Waals surface area contributed by atoms with Gasteiger partial charge in [-0.25, -0.2) is 4.98 Å². The van der Waals surface area contributed by atoms with Gasteiger partial charge in [0.25, 0.3) is 5.91 Å². The molecule has 0 fully saturated rings. The minimum atomic E-state index is -0.529. The smallest absolute Gasteiger partial charge is 0.305 e. The van der Waals surface area contributed by atoms with Gasteiger partial charge in [0.05, 0.1) is 17.3 Å². The maximum absolute atomic E-state index is 12.3. The lowest BCUT2D eigenvalue weighted by Crippen LogP contribution is -2.41. The number of furan rings is 1. The van der Waals surface area contributed by atoms with Crippen LogP contribution in [0.1, 0.15) is 26.7 Å². The fraction of sp³-hybridized carbons (Fsp3) is 0.0500. The highest BCUT2D eigenvalue weighted by atomic mass is 16.3. The lowest BCUT2D eigenvalue weighted by atomic mass is 10.2. The number of para-hydroxylation sites is 1. The molecule has 27 heavy (non-hydrogen) atoms. The topological polar surface area (TPSA) is 89.2 Å². The number of aryl methyl sites for hydroxylation is 1. The summed E-state index contributed by atoms with van der Waals surface area (Å²) < 4.78 is 7.00. The molecule has 2 aromatic heterocycles. The van der Waals surface area contributed by atoms with Crippen molar-refractivity contribution in [3.63, 3.8) is 0 Å². The number of hydrogen-bond donors (Lipinski definition) is 2. The van der Waals surface area contributed by atoms with E-state index in [9.17, 15) is 9.59 Å². The molecule has 0 unspecified atom stereocenters. The second kappa shape index (κ2) is 6.80. The molecule has 134 valence electrons. The van der Waals surface area contributed by atoms with E-state index in [1.807, 2.05) is 47.9 Å². The first-order valence-electron chi connectivity index (χ1n) is 8.32. The number of hydrogen-bond acceptors (Lipinski definition) is 4. The number of aromatic nitrogens is 2. The highest BCUT2D eigenvalue weighted by Crippen LogP contribution is 2.22. The Morgan fingerprint density at radius 3 is 2.48 bits per heavy atom. The van der Waals surface area contributed by atoms with Gasteiger partial charge in [-0.1, -0.05) is 18.2 Å². The standard InChI is InChI=1S/C20H16N4O3/c1-13-21-16-12-14(19(25)22-23-20(26)18-8-5-11-27-18)9-10-17(16)24(13)15-6-3-2-4-7-15/h2-12H,1H3,(H,22,25)(H,23,26). The van der Waals surface area contributed by atoms with Crippen LogP contribution in [0.25, 0.3) is 16.7 Å². The van der Waals surface area contributed by atoms with Crippen molar-refractivity contribution in [1.82, 2.24) is 20.4 Å².